The standard InChI is InChI=1S/C16H24N2O3/c1-3-21-16(19)13-5-4-6-14(15(13)17)18-11(2)12-7-9-20-10-8-12/h4-6,11-12,18H,3,7-10,17H2,1-2H3. The minimum Gasteiger partial charge on any atom is -0.462 e. The van der Waals surface area contributed by atoms with Crippen LogP contribution in [0.3, 0.4) is 0 Å². The molecule has 5 nitrogen and oxygen atoms in total. The van der Waals surface area contributed by atoms with E-state index < -0.39 is 0 Å². The first-order valence-corrected chi connectivity index (χ1v) is 7.53. The molecule has 1 aliphatic heterocycles. The van der Waals surface area contributed by atoms with Crippen LogP contribution in [-0.4, -0.2) is 31.8 Å². The number of rotatable bonds is 5. The number of nitrogen functional groups attached to an aromatic ring is 1. The molecule has 1 aliphatic rings. The lowest BCUT2D eigenvalue weighted by atomic mass is 9.92. The van der Waals surface area contributed by atoms with Crippen LogP contribution in [0.4, 0.5) is 11.4 Å². The summed E-state index contributed by atoms with van der Waals surface area (Å²) in [4.78, 5) is 11.9. The molecule has 1 aromatic rings. The molecule has 0 bridgehead atoms. The van der Waals surface area contributed by atoms with Crippen LogP contribution >= 0.6 is 0 Å². The van der Waals surface area contributed by atoms with Crippen molar-refractivity contribution >= 4 is 17.3 Å². The van der Waals surface area contributed by atoms with Gasteiger partial charge in [-0.1, -0.05) is 6.07 Å². The fourth-order valence-electron chi connectivity index (χ4n) is 2.66. The number of nitrogens with two attached hydrogens (primary N) is 1. The number of carbonyl (C=O) groups is 1. The molecule has 116 valence electrons. The highest BCUT2D eigenvalue weighted by atomic mass is 16.5. The van der Waals surface area contributed by atoms with Gasteiger partial charge >= 0.3 is 5.97 Å². The molecule has 1 unspecified atom stereocenters. The van der Waals surface area contributed by atoms with Gasteiger partial charge in [-0.25, -0.2) is 4.79 Å². The summed E-state index contributed by atoms with van der Waals surface area (Å²) in [6.45, 7) is 5.90. The Kier molecular flexibility index (Phi) is 5.44. The number of carbonyl (C=O) groups excluding carboxylic acids is 1. The SMILES string of the molecule is CCOC(=O)c1cccc(NC(C)C2CCOCC2)c1N. The van der Waals surface area contributed by atoms with E-state index in [4.69, 9.17) is 15.2 Å². The Labute approximate surface area is 125 Å². The summed E-state index contributed by atoms with van der Waals surface area (Å²) >= 11 is 0. The second-order valence-corrected chi connectivity index (χ2v) is 5.37. The zero-order valence-corrected chi connectivity index (χ0v) is 12.7. The van der Waals surface area contributed by atoms with E-state index in [1.165, 1.54) is 0 Å². The maximum absolute atomic E-state index is 11.9. The van der Waals surface area contributed by atoms with E-state index in [1.807, 2.05) is 12.1 Å². The topological polar surface area (TPSA) is 73.6 Å². The monoisotopic (exact) mass is 292 g/mol. The van der Waals surface area contributed by atoms with Gasteiger partial charge in [0.1, 0.15) is 0 Å². The Morgan fingerprint density at radius 3 is 2.86 bits per heavy atom. The molecule has 21 heavy (non-hydrogen) atoms. The van der Waals surface area contributed by atoms with Gasteiger partial charge in [-0.2, -0.15) is 0 Å². The number of nitrogens with one attached hydrogen (secondary N) is 1. The second-order valence-electron chi connectivity index (χ2n) is 5.37. The lowest BCUT2D eigenvalue weighted by Gasteiger charge is -2.29. The van der Waals surface area contributed by atoms with E-state index in [0.29, 0.717) is 23.8 Å². The number of hydrogen-bond acceptors (Lipinski definition) is 5. The highest BCUT2D eigenvalue weighted by Gasteiger charge is 2.22. The molecule has 5 heteroatoms. The minimum atomic E-state index is -0.377. The van der Waals surface area contributed by atoms with E-state index in [0.717, 1.165) is 31.7 Å². The first kappa shape index (κ1) is 15.6. The second kappa shape index (κ2) is 7.31. The Morgan fingerprint density at radius 2 is 2.19 bits per heavy atom. The first-order valence-electron chi connectivity index (χ1n) is 7.53. The summed E-state index contributed by atoms with van der Waals surface area (Å²) in [7, 11) is 0. The van der Waals surface area contributed by atoms with E-state index in [-0.39, 0.29) is 12.0 Å². The predicted molar refractivity (Wildman–Crippen MR) is 83.4 cm³/mol. The van der Waals surface area contributed by atoms with Crippen molar-refractivity contribution < 1.29 is 14.3 Å². The highest BCUT2D eigenvalue weighted by molar-refractivity contribution is 5.98. The van der Waals surface area contributed by atoms with Gasteiger partial charge in [0.15, 0.2) is 0 Å². The van der Waals surface area contributed by atoms with E-state index in [9.17, 15) is 4.79 Å². The molecule has 0 saturated carbocycles. The molecule has 3 N–H and O–H groups in total. The number of anilines is 2. The van der Waals surface area contributed by atoms with Crippen molar-refractivity contribution in [1.29, 1.82) is 0 Å². The number of ether oxygens (including phenoxy) is 2. The number of para-hydroxylation sites is 1. The Morgan fingerprint density at radius 1 is 1.48 bits per heavy atom. The summed E-state index contributed by atoms with van der Waals surface area (Å²) < 4.78 is 10.4. The smallest absolute Gasteiger partial charge is 0.340 e. The summed E-state index contributed by atoms with van der Waals surface area (Å²) in [6.07, 6.45) is 2.09. The molecule has 1 atom stereocenters. The maximum Gasteiger partial charge on any atom is 0.340 e. The molecule has 1 saturated heterocycles. The molecule has 2 rings (SSSR count). The van der Waals surface area contributed by atoms with Gasteiger partial charge < -0.3 is 20.5 Å². The normalized spacial score (nSPS) is 17.2. The lowest BCUT2D eigenvalue weighted by molar-refractivity contribution is 0.0527. The zero-order chi connectivity index (χ0) is 15.2. The molecule has 0 spiro atoms. The molecule has 1 fully saturated rings. The molecule has 0 radical (unpaired) electrons. The van der Waals surface area contributed by atoms with E-state index in [2.05, 4.69) is 12.2 Å². The van der Waals surface area contributed by atoms with Crippen molar-refractivity contribution in [2.75, 3.05) is 30.9 Å². The summed E-state index contributed by atoms with van der Waals surface area (Å²) in [5, 5.41) is 3.43. The Balaban J connectivity index is 2.09. The van der Waals surface area contributed by atoms with Gasteiger partial charge in [0.05, 0.1) is 23.5 Å². The number of hydrogen-bond donors (Lipinski definition) is 2. The van der Waals surface area contributed by atoms with Crippen LogP contribution in [0.15, 0.2) is 18.2 Å². The zero-order valence-electron chi connectivity index (χ0n) is 12.7. The van der Waals surface area contributed by atoms with Gasteiger partial charge in [-0.05, 0) is 44.7 Å². The van der Waals surface area contributed by atoms with Crippen LogP contribution in [0.2, 0.25) is 0 Å². The third kappa shape index (κ3) is 3.88. The summed E-state index contributed by atoms with van der Waals surface area (Å²) in [6, 6.07) is 5.70. The van der Waals surface area contributed by atoms with Crippen molar-refractivity contribution in [2.24, 2.45) is 5.92 Å². The maximum atomic E-state index is 11.9. The fraction of sp³-hybridized carbons (Fsp3) is 0.562. The van der Waals surface area contributed by atoms with Crippen LogP contribution in [0.5, 0.6) is 0 Å². The predicted octanol–water partition coefficient (Wildman–Crippen LogP) is 2.67. The van der Waals surface area contributed by atoms with Crippen LogP contribution in [0, 0.1) is 5.92 Å². The lowest BCUT2D eigenvalue weighted by Crippen LogP contribution is -2.31. The van der Waals surface area contributed by atoms with Crippen molar-refractivity contribution in [1.82, 2.24) is 0 Å². The van der Waals surface area contributed by atoms with Crippen molar-refractivity contribution in [2.45, 2.75) is 32.7 Å². The van der Waals surface area contributed by atoms with E-state index >= 15 is 0 Å². The minimum absolute atomic E-state index is 0.286. The van der Waals surface area contributed by atoms with Crippen LogP contribution < -0.4 is 11.1 Å². The van der Waals surface area contributed by atoms with Crippen LogP contribution in [-0.2, 0) is 9.47 Å². The molecule has 0 amide bonds. The third-order valence-electron chi connectivity index (χ3n) is 3.96. The van der Waals surface area contributed by atoms with Gasteiger partial charge in [-0.15, -0.1) is 0 Å². The number of benzene rings is 1. The van der Waals surface area contributed by atoms with E-state index in [1.54, 1.807) is 13.0 Å². The molecular formula is C16H24N2O3. The van der Waals surface area contributed by atoms with Gasteiger partial charge in [0.2, 0.25) is 0 Å². The summed E-state index contributed by atoms with van der Waals surface area (Å²) in [5.74, 6) is 0.182. The fourth-order valence-corrected chi connectivity index (χ4v) is 2.66. The third-order valence-corrected chi connectivity index (χ3v) is 3.96. The summed E-state index contributed by atoms with van der Waals surface area (Å²) in [5.41, 5.74) is 7.77. The largest absolute Gasteiger partial charge is 0.462 e. The molecule has 1 heterocycles. The molecular weight excluding hydrogens is 268 g/mol. The Hall–Kier alpha value is -1.75. The number of esters is 1. The van der Waals surface area contributed by atoms with Gasteiger partial charge in [0, 0.05) is 19.3 Å². The quantitative estimate of drug-likeness (QED) is 0.645. The van der Waals surface area contributed by atoms with Crippen molar-refractivity contribution in [3.8, 4) is 0 Å². The Bertz CT molecular complexity index is 484. The highest BCUT2D eigenvalue weighted by Crippen LogP contribution is 2.27. The molecule has 1 aromatic carbocycles. The average molecular weight is 292 g/mol. The van der Waals surface area contributed by atoms with Crippen LogP contribution in [0.1, 0.15) is 37.0 Å². The molecule has 0 aliphatic carbocycles. The van der Waals surface area contributed by atoms with Gasteiger partial charge in [0.25, 0.3) is 0 Å². The van der Waals surface area contributed by atoms with Gasteiger partial charge in [-0.3, -0.25) is 0 Å². The van der Waals surface area contributed by atoms with Crippen molar-refractivity contribution in [3.05, 3.63) is 23.8 Å². The van der Waals surface area contributed by atoms with Crippen molar-refractivity contribution in [3.63, 3.8) is 0 Å². The first-order chi connectivity index (χ1) is 10.1. The van der Waals surface area contributed by atoms with Crippen LogP contribution in [0.25, 0.3) is 0 Å². The average Bonchev–Trinajstić information content (AvgIpc) is 2.50. The molecule has 0 aromatic heterocycles.